The molecule has 1 heterocycles. The van der Waals surface area contributed by atoms with Crippen LogP contribution in [0.2, 0.25) is 0 Å². The zero-order valence-electron chi connectivity index (χ0n) is 14.0. The number of thioether (sulfide) groups is 1. The summed E-state index contributed by atoms with van der Waals surface area (Å²) < 4.78 is 0.194. The van der Waals surface area contributed by atoms with E-state index in [1.165, 1.54) is 0 Å². The molecule has 1 aliphatic heterocycles. The molecule has 142 valence electrons. The molecule has 0 radical (unpaired) electrons. The molecule has 1 aliphatic rings. The third-order valence-corrected chi connectivity index (χ3v) is 4.95. The molecule has 27 heavy (non-hydrogen) atoms. The van der Waals surface area contributed by atoms with Gasteiger partial charge >= 0.3 is 0 Å². The van der Waals surface area contributed by atoms with Gasteiger partial charge in [0.2, 0.25) is 11.8 Å². The largest absolute Gasteiger partial charge is 0.548 e. The Kier molecular flexibility index (Phi) is 7.08. The third-order valence-electron chi connectivity index (χ3n) is 3.57. The molecule has 3 amide bonds. The number of hydrogen-bond acceptors (Lipinski definition) is 7. The normalized spacial score (nSPS) is 16.4. The second-order valence-corrected chi connectivity index (χ2v) is 7.30. The van der Waals surface area contributed by atoms with Crippen LogP contribution in [0, 0.1) is 0 Å². The molecule has 1 aromatic carbocycles. The van der Waals surface area contributed by atoms with Gasteiger partial charge in [-0.2, -0.15) is 0 Å². The van der Waals surface area contributed by atoms with Gasteiger partial charge in [-0.1, -0.05) is 54.3 Å². The summed E-state index contributed by atoms with van der Waals surface area (Å²) in [6, 6.07) is 7.76. The molecule has 10 heteroatoms. The number of nitrogens with two attached hydrogens (primary N) is 1. The quantitative estimate of drug-likeness (QED) is 0.435. The van der Waals surface area contributed by atoms with Crippen molar-refractivity contribution >= 4 is 58.1 Å². The monoisotopic (exact) mass is 406 g/mol. The van der Waals surface area contributed by atoms with E-state index in [9.17, 15) is 24.3 Å². The molecule has 1 aromatic rings. The SMILES string of the molecule is NC(=O)CC[C@@H](NC(=O)CN1C(=O)/C(=C/c2ccccc2)SC1=S)C(=O)[O-]. The average molecular weight is 406 g/mol. The second-order valence-electron chi connectivity index (χ2n) is 5.62. The summed E-state index contributed by atoms with van der Waals surface area (Å²) in [5.74, 6) is -3.41. The van der Waals surface area contributed by atoms with Crippen LogP contribution in [0.3, 0.4) is 0 Å². The molecule has 0 bridgehead atoms. The molecule has 2 rings (SSSR count). The molecule has 8 nitrogen and oxygen atoms in total. The van der Waals surface area contributed by atoms with Gasteiger partial charge in [-0.25, -0.2) is 0 Å². The number of amides is 3. The van der Waals surface area contributed by atoms with Gasteiger partial charge in [0.25, 0.3) is 5.91 Å². The zero-order valence-corrected chi connectivity index (χ0v) is 15.7. The van der Waals surface area contributed by atoms with Crippen LogP contribution in [0.25, 0.3) is 6.08 Å². The second kappa shape index (κ2) is 9.28. The van der Waals surface area contributed by atoms with Crippen molar-refractivity contribution in [1.29, 1.82) is 0 Å². The number of rotatable bonds is 8. The number of primary amides is 1. The summed E-state index contributed by atoms with van der Waals surface area (Å²) in [6.07, 6.45) is 1.24. The number of carbonyl (C=O) groups is 4. The Morgan fingerprint density at radius 3 is 2.56 bits per heavy atom. The lowest BCUT2D eigenvalue weighted by molar-refractivity contribution is -0.308. The van der Waals surface area contributed by atoms with Gasteiger partial charge in [-0.15, -0.1) is 0 Å². The molecule has 0 aliphatic carbocycles. The summed E-state index contributed by atoms with van der Waals surface area (Å²) in [5, 5.41) is 13.3. The fourth-order valence-corrected chi connectivity index (χ4v) is 3.51. The minimum absolute atomic E-state index is 0.194. The summed E-state index contributed by atoms with van der Waals surface area (Å²) in [4.78, 5) is 47.9. The highest BCUT2D eigenvalue weighted by atomic mass is 32.2. The molecule has 0 unspecified atom stereocenters. The highest BCUT2D eigenvalue weighted by Crippen LogP contribution is 2.32. The van der Waals surface area contributed by atoms with E-state index in [0.29, 0.717) is 4.91 Å². The first-order chi connectivity index (χ1) is 12.8. The summed E-state index contributed by atoms with van der Waals surface area (Å²) in [5.41, 5.74) is 5.79. The lowest BCUT2D eigenvalue weighted by atomic mass is 10.1. The van der Waals surface area contributed by atoms with E-state index in [4.69, 9.17) is 18.0 Å². The van der Waals surface area contributed by atoms with E-state index in [-0.39, 0.29) is 17.2 Å². The van der Waals surface area contributed by atoms with Crippen LogP contribution in [-0.2, 0) is 19.2 Å². The predicted molar refractivity (Wildman–Crippen MR) is 102 cm³/mol. The van der Waals surface area contributed by atoms with Gasteiger partial charge in [-0.3, -0.25) is 19.3 Å². The maximum absolute atomic E-state index is 12.5. The number of carboxylic acids is 1. The number of carboxylic acid groups (broad SMARTS) is 1. The lowest BCUT2D eigenvalue weighted by Gasteiger charge is -2.21. The Balaban J connectivity index is 2.01. The topological polar surface area (TPSA) is 133 Å². The van der Waals surface area contributed by atoms with Gasteiger partial charge in [0.1, 0.15) is 10.9 Å². The van der Waals surface area contributed by atoms with Crippen molar-refractivity contribution < 1.29 is 24.3 Å². The average Bonchev–Trinajstić information content (AvgIpc) is 2.86. The van der Waals surface area contributed by atoms with Crippen LogP contribution in [0.4, 0.5) is 0 Å². The Bertz CT molecular complexity index is 810. The minimum Gasteiger partial charge on any atom is -0.548 e. The standard InChI is InChI=1S/C17H17N3O5S2/c18-13(21)7-6-11(16(24)25)19-14(22)9-20-15(23)12(27-17(20)26)8-10-4-2-1-3-5-10/h1-5,8,11H,6-7,9H2,(H2,18,21)(H,19,22)(H,24,25)/p-1/b12-8-/t11-/m1/s1. The zero-order chi connectivity index (χ0) is 20.0. The van der Waals surface area contributed by atoms with Crippen molar-refractivity contribution in [3.05, 3.63) is 40.8 Å². The van der Waals surface area contributed by atoms with Crippen molar-refractivity contribution in [2.24, 2.45) is 5.73 Å². The Labute approximate surface area is 164 Å². The predicted octanol–water partition coefficient (Wildman–Crippen LogP) is -0.612. The van der Waals surface area contributed by atoms with Crippen molar-refractivity contribution in [2.45, 2.75) is 18.9 Å². The number of nitrogens with zero attached hydrogens (tertiary/aromatic N) is 1. The number of benzene rings is 1. The van der Waals surface area contributed by atoms with Crippen LogP contribution in [0.5, 0.6) is 0 Å². The van der Waals surface area contributed by atoms with Crippen LogP contribution >= 0.6 is 24.0 Å². The van der Waals surface area contributed by atoms with Gasteiger partial charge in [0, 0.05) is 6.42 Å². The molecule has 0 spiro atoms. The number of carbonyl (C=O) groups excluding carboxylic acids is 4. The molecule has 0 aromatic heterocycles. The fourth-order valence-electron chi connectivity index (χ4n) is 2.26. The van der Waals surface area contributed by atoms with Gasteiger partial charge in [0.05, 0.1) is 16.9 Å². The Morgan fingerprint density at radius 1 is 1.30 bits per heavy atom. The Morgan fingerprint density at radius 2 is 1.96 bits per heavy atom. The van der Waals surface area contributed by atoms with Gasteiger partial charge in [0.15, 0.2) is 0 Å². The van der Waals surface area contributed by atoms with Gasteiger partial charge < -0.3 is 21.0 Å². The first-order valence-electron chi connectivity index (χ1n) is 7.87. The smallest absolute Gasteiger partial charge is 0.266 e. The maximum atomic E-state index is 12.5. The first kappa shape index (κ1) is 20.6. The van der Waals surface area contributed by atoms with E-state index in [1.54, 1.807) is 6.08 Å². The summed E-state index contributed by atoms with van der Waals surface area (Å²) >= 11 is 6.19. The van der Waals surface area contributed by atoms with Crippen LogP contribution in [0.1, 0.15) is 18.4 Å². The van der Waals surface area contributed by atoms with Crippen molar-refractivity contribution in [3.8, 4) is 0 Å². The highest BCUT2D eigenvalue weighted by molar-refractivity contribution is 8.26. The molecule has 1 fully saturated rings. The highest BCUT2D eigenvalue weighted by Gasteiger charge is 2.33. The summed E-state index contributed by atoms with van der Waals surface area (Å²) in [6.45, 7) is -0.433. The third kappa shape index (κ3) is 5.90. The molecule has 1 saturated heterocycles. The number of hydrogen-bond donors (Lipinski definition) is 2. The van der Waals surface area contributed by atoms with Crippen LogP contribution < -0.4 is 16.2 Å². The van der Waals surface area contributed by atoms with Crippen molar-refractivity contribution in [2.75, 3.05) is 6.54 Å². The number of aliphatic carboxylic acids is 1. The van der Waals surface area contributed by atoms with Gasteiger partial charge in [-0.05, 0) is 18.1 Å². The lowest BCUT2D eigenvalue weighted by Crippen LogP contribution is -2.51. The molecule has 0 saturated carbocycles. The number of thiocarbonyl (C=S) groups is 1. The van der Waals surface area contributed by atoms with Crippen LogP contribution in [0.15, 0.2) is 35.2 Å². The maximum Gasteiger partial charge on any atom is 0.266 e. The van der Waals surface area contributed by atoms with E-state index in [2.05, 4.69) is 5.32 Å². The van der Waals surface area contributed by atoms with E-state index >= 15 is 0 Å². The Hall–Kier alpha value is -2.72. The van der Waals surface area contributed by atoms with E-state index in [0.717, 1.165) is 22.2 Å². The molecule has 1 atom stereocenters. The number of nitrogens with one attached hydrogen (secondary N) is 1. The first-order valence-corrected chi connectivity index (χ1v) is 9.09. The van der Waals surface area contributed by atoms with Crippen molar-refractivity contribution in [1.82, 2.24) is 10.2 Å². The van der Waals surface area contributed by atoms with E-state index < -0.39 is 36.3 Å². The van der Waals surface area contributed by atoms with Crippen LogP contribution in [-0.4, -0.2) is 45.5 Å². The molecular formula is C17H16N3O5S2-. The van der Waals surface area contributed by atoms with E-state index in [1.807, 2.05) is 30.3 Å². The van der Waals surface area contributed by atoms with Crippen molar-refractivity contribution in [3.63, 3.8) is 0 Å². The minimum atomic E-state index is -1.54. The fraction of sp³-hybridized carbons (Fsp3) is 0.235. The molecular weight excluding hydrogens is 390 g/mol. The molecule has 3 N–H and O–H groups in total. The summed E-state index contributed by atoms with van der Waals surface area (Å²) in [7, 11) is 0.